The molecule has 0 aromatic carbocycles. The molecule has 0 saturated carbocycles. The van der Waals surface area contributed by atoms with Crippen molar-refractivity contribution in [1.82, 2.24) is 0 Å². The molecule has 0 spiro atoms. The molecule has 0 atom stereocenters. The van der Waals surface area contributed by atoms with Crippen LogP contribution in [0.4, 0.5) is 0 Å². The van der Waals surface area contributed by atoms with E-state index in [-0.39, 0.29) is 6.71 Å². The molecule has 0 N–H and O–H groups in total. The SMILES string of the molecule is CCCC/C=C(\B(CC)/C(=C\CCCC)[Si](Cl)(Cl)Cl)[Si](Cl)(Cl)Cl. The first-order chi connectivity index (χ1) is 10.6. The Morgan fingerprint density at radius 1 is 0.739 bits per heavy atom. The van der Waals surface area contributed by atoms with E-state index in [9.17, 15) is 0 Å². The summed E-state index contributed by atoms with van der Waals surface area (Å²) in [6.45, 7) is 6.27. The molecule has 0 aliphatic carbocycles. The molecule has 0 aliphatic rings. The Morgan fingerprint density at radius 2 is 1.09 bits per heavy atom. The van der Waals surface area contributed by atoms with Crippen LogP contribution in [-0.2, 0) is 0 Å². The topological polar surface area (TPSA) is 0 Å². The van der Waals surface area contributed by atoms with E-state index >= 15 is 0 Å². The van der Waals surface area contributed by atoms with E-state index in [1.54, 1.807) is 0 Å². The molecule has 9 heteroatoms. The number of hydrogen-bond donors (Lipinski definition) is 0. The van der Waals surface area contributed by atoms with Crippen LogP contribution in [0.15, 0.2) is 22.3 Å². The fourth-order valence-electron chi connectivity index (χ4n) is 2.44. The summed E-state index contributed by atoms with van der Waals surface area (Å²) in [6, 6.07) is -6.05. The van der Waals surface area contributed by atoms with Gasteiger partial charge in [0.05, 0.1) is 0 Å². The van der Waals surface area contributed by atoms with Crippen LogP contribution in [-0.4, -0.2) is 18.7 Å². The molecule has 0 nitrogen and oxygen atoms in total. The van der Waals surface area contributed by atoms with Gasteiger partial charge in [-0.05, 0) is 12.8 Å². The first-order valence-corrected chi connectivity index (χ1v) is 18.2. The third-order valence-corrected chi connectivity index (χ3v) is 10.00. The van der Waals surface area contributed by atoms with E-state index in [1.807, 2.05) is 0 Å². The quantitative estimate of drug-likeness (QED) is 0.161. The van der Waals surface area contributed by atoms with Crippen molar-refractivity contribution >= 4 is 85.2 Å². The van der Waals surface area contributed by atoms with Gasteiger partial charge in [-0.3, -0.25) is 0 Å². The number of unbranched alkanes of at least 4 members (excludes halogenated alkanes) is 4. The number of rotatable bonds is 11. The van der Waals surface area contributed by atoms with E-state index in [1.165, 1.54) is 0 Å². The molecule has 0 saturated heterocycles. The highest BCUT2D eigenvalue weighted by Gasteiger charge is 2.44. The highest BCUT2D eigenvalue weighted by Crippen LogP contribution is 2.40. The fraction of sp³-hybridized carbons (Fsp3) is 0.714. The van der Waals surface area contributed by atoms with Gasteiger partial charge in [0, 0.05) is 0 Å². The molecule has 0 unspecified atom stereocenters. The molecule has 0 radical (unpaired) electrons. The number of halogens is 6. The Kier molecular flexibility index (Phi) is 13.1. The molecular formula is C14H25BCl6Si2. The van der Waals surface area contributed by atoms with Crippen molar-refractivity contribution < 1.29 is 0 Å². The standard InChI is InChI=1S/C14H25BCl6Si2/c1-4-7-9-11-13(22(16,17)18)15(6-3)14(23(19,20)21)12-10-8-5-2/h11-12H,4-10H2,1-3H3/b13-11+,14-12+. The van der Waals surface area contributed by atoms with Gasteiger partial charge in [-0.1, -0.05) is 75.1 Å². The highest BCUT2D eigenvalue weighted by molar-refractivity contribution is 7.72. The maximum atomic E-state index is 6.37. The molecule has 0 aromatic rings. The highest BCUT2D eigenvalue weighted by atomic mass is 35.8. The van der Waals surface area contributed by atoms with Crippen LogP contribution in [0.3, 0.4) is 0 Å². The van der Waals surface area contributed by atoms with Crippen molar-refractivity contribution in [3.8, 4) is 0 Å². The number of allylic oxidation sites excluding steroid dienone is 2. The predicted octanol–water partition coefficient (Wildman–Crippen LogP) is 8.20. The minimum absolute atomic E-state index is 0.0676. The summed E-state index contributed by atoms with van der Waals surface area (Å²) in [5.41, 5.74) is 0. The molecule has 0 aliphatic heterocycles. The van der Waals surface area contributed by atoms with Crippen LogP contribution in [0.1, 0.15) is 59.3 Å². The van der Waals surface area contributed by atoms with Gasteiger partial charge in [-0.25, -0.2) is 0 Å². The molecule has 23 heavy (non-hydrogen) atoms. The van der Waals surface area contributed by atoms with Crippen molar-refractivity contribution in [2.24, 2.45) is 0 Å². The van der Waals surface area contributed by atoms with Gasteiger partial charge >= 0.3 is 12.0 Å². The third-order valence-electron chi connectivity index (χ3n) is 3.66. The Labute approximate surface area is 172 Å². The zero-order valence-corrected chi connectivity index (χ0v) is 20.5. The normalized spacial score (nSPS) is 14.3. The van der Waals surface area contributed by atoms with Crippen LogP contribution in [0.5, 0.6) is 0 Å². The lowest BCUT2D eigenvalue weighted by atomic mass is 9.46. The summed E-state index contributed by atoms with van der Waals surface area (Å²) < 4.78 is 0. The van der Waals surface area contributed by atoms with Gasteiger partial charge in [0.1, 0.15) is 0 Å². The maximum absolute atomic E-state index is 6.37. The summed E-state index contributed by atoms with van der Waals surface area (Å²) >= 11 is 38.2. The Balaban J connectivity index is 5.72. The minimum atomic E-state index is -3.03. The first kappa shape index (κ1) is 24.7. The van der Waals surface area contributed by atoms with E-state index in [0.29, 0.717) is 0 Å². The van der Waals surface area contributed by atoms with Crippen LogP contribution in [0.2, 0.25) is 6.32 Å². The van der Waals surface area contributed by atoms with Crippen molar-refractivity contribution in [2.75, 3.05) is 0 Å². The van der Waals surface area contributed by atoms with Gasteiger partial charge in [0.15, 0.2) is 6.71 Å². The zero-order chi connectivity index (χ0) is 18.1. The zero-order valence-electron chi connectivity index (χ0n) is 13.9. The Bertz CT molecular complexity index is 365. The van der Waals surface area contributed by atoms with Crippen molar-refractivity contribution in [2.45, 2.75) is 65.6 Å². The smallest absolute Gasteiger partial charge is 0.122 e. The van der Waals surface area contributed by atoms with Gasteiger partial charge < -0.3 is 0 Å². The van der Waals surface area contributed by atoms with E-state index in [2.05, 4.69) is 32.9 Å². The van der Waals surface area contributed by atoms with Crippen LogP contribution in [0.25, 0.3) is 0 Å². The first-order valence-electron chi connectivity index (χ1n) is 8.13. The van der Waals surface area contributed by atoms with Crippen molar-refractivity contribution in [1.29, 1.82) is 0 Å². The summed E-state index contributed by atoms with van der Waals surface area (Å²) in [7, 11) is 0. The largest absolute Gasteiger partial charge is 0.360 e. The molecule has 0 amide bonds. The summed E-state index contributed by atoms with van der Waals surface area (Å²) in [5.74, 6) is 0. The average molecular weight is 473 g/mol. The molecule has 0 aromatic heterocycles. The lowest BCUT2D eigenvalue weighted by Crippen LogP contribution is -2.37. The predicted molar refractivity (Wildman–Crippen MR) is 118 cm³/mol. The average Bonchev–Trinajstić information content (AvgIpc) is 2.42. The molecule has 0 bridgehead atoms. The monoisotopic (exact) mass is 470 g/mol. The maximum Gasteiger partial charge on any atom is 0.360 e. The van der Waals surface area contributed by atoms with E-state index in [4.69, 9.17) is 66.5 Å². The lowest BCUT2D eigenvalue weighted by Gasteiger charge is -2.26. The lowest BCUT2D eigenvalue weighted by molar-refractivity contribution is 0.813. The second-order valence-corrected chi connectivity index (χ2v) is 22.4. The van der Waals surface area contributed by atoms with Crippen LogP contribution >= 0.6 is 66.5 Å². The summed E-state index contributed by atoms with van der Waals surface area (Å²) in [4.78, 5) is 0. The van der Waals surface area contributed by atoms with Gasteiger partial charge in [0.25, 0.3) is 0 Å². The van der Waals surface area contributed by atoms with Gasteiger partial charge in [-0.15, -0.1) is 66.5 Å². The third kappa shape index (κ3) is 9.84. The van der Waals surface area contributed by atoms with Gasteiger partial charge in [0.2, 0.25) is 0 Å². The van der Waals surface area contributed by atoms with Crippen molar-refractivity contribution in [3.63, 3.8) is 0 Å². The van der Waals surface area contributed by atoms with Crippen LogP contribution in [0, 0.1) is 0 Å². The molecule has 0 rings (SSSR count). The second-order valence-electron chi connectivity index (χ2n) is 5.56. The second kappa shape index (κ2) is 12.2. The summed E-state index contributed by atoms with van der Waals surface area (Å²) in [5, 5.41) is 1.75. The van der Waals surface area contributed by atoms with Gasteiger partial charge in [-0.2, -0.15) is 0 Å². The Hall–Kier alpha value is 1.72. The van der Waals surface area contributed by atoms with E-state index in [0.717, 1.165) is 55.0 Å². The molecule has 0 heterocycles. The van der Waals surface area contributed by atoms with Crippen molar-refractivity contribution in [3.05, 3.63) is 22.3 Å². The Morgan fingerprint density at radius 3 is 1.30 bits per heavy atom. The fourth-order valence-corrected chi connectivity index (χ4v) is 8.61. The molecule has 134 valence electrons. The molecule has 0 fully saturated rings. The minimum Gasteiger partial charge on any atom is -0.122 e. The van der Waals surface area contributed by atoms with Crippen LogP contribution < -0.4 is 0 Å². The number of hydrogen-bond acceptors (Lipinski definition) is 0. The molecular weight excluding hydrogens is 448 g/mol. The van der Waals surface area contributed by atoms with E-state index < -0.39 is 12.0 Å². The summed E-state index contributed by atoms with van der Waals surface area (Å²) in [6.07, 6.45) is 11.0.